The van der Waals surface area contributed by atoms with Gasteiger partial charge < -0.3 is 10.4 Å². The molecule has 0 saturated carbocycles. The van der Waals surface area contributed by atoms with Gasteiger partial charge in [-0.3, -0.25) is 0 Å². The summed E-state index contributed by atoms with van der Waals surface area (Å²) in [5.41, 5.74) is 0.386. The van der Waals surface area contributed by atoms with Crippen molar-refractivity contribution < 1.29 is 9.90 Å². The fraction of sp³-hybridized carbons (Fsp3) is 0.462. The lowest BCUT2D eigenvalue weighted by Gasteiger charge is -2.10. The number of nitrogens with one attached hydrogen (secondary N) is 1. The van der Waals surface area contributed by atoms with Crippen molar-refractivity contribution in [1.29, 1.82) is 0 Å². The Balaban J connectivity index is 2.33. The second-order valence-electron chi connectivity index (χ2n) is 4.22. The standard InChI is InChI=1S/C13H19NO2S/c1-9(13(15)16)6-7-14-10(2)8-12-5-4-11(3)17-12/h4-6,10,14H,7-8H2,1-3H3,(H,15,16)/b9-6-. The number of rotatable bonds is 6. The first-order valence-corrected chi connectivity index (χ1v) is 6.49. The number of aryl methyl sites for hydroxylation is 1. The van der Waals surface area contributed by atoms with Gasteiger partial charge in [-0.1, -0.05) is 6.08 Å². The van der Waals surface area contributed by atoms with Crippen LogP contribution in [0.25, 0.3) is 0 Å². The zero-order valence-electron chi connectivity index (χ0n) is 10.5. The summed E-state index contributed by atoms with van der Waals surface area (Å²) in [6.45, 7) is 6.42. The summed E-state index contributed by atoms with van der Waals surface area (Å²) in [6, 6.07) is 4.63. The molecule has 0 aromatic carbocycles. The molecule has 0 radical (unpaired) electrons. The number of thiophene rings is 1. The molecule has 1 heterocycles. The molecule has 2 N–H and O–H groups in total. The normalized spacial score (nSPS) is 13.7. The van der Waals surface area contributed by atoms with E-state index in [1.807, 2.05) is 11.3 Å². The van der Waals surface area contributed by atoms with E-state index in [1.54, 1.807) is 13.0 Å². The van der Waals surface area contributed by atoms with E-state index < -0.39 is 5.97 Å². The Morgan fingerprint density at radius 3 is 2.82 bits per heavy atom. The Morgan fingerprint density at radius 1 is 1.59 bits per heavy atom. The summed E-state index contributed by atoms with van der Waals surface area (Å²) in [4.78, 5) is 13.3. The van der Waals surface area contributed by atoms with Crippen LogP contribution in [0.5, 0.6) is 0 Å². The second-order valence-corrected chi connectivity index (χ2v) is 5.59. The number of carbonyl (C=O) groups is 1. The van der Waals surface area contributed by atoms with Crippen molar-refractivity contribution in [1.82, 2.24) is 5.32 Å². The van der Waals surface area contributed by atoms with E-state index in [1.165, 1.54) is 9.75 Å². The summed E-state index contributed by atoms with van der Waals surface area (Å²) >= 11 is 1.81. The van der Waals surface area contributed by atoms with Gasteiger partial charge in [0.05, 0.1) is 0 Å². The fourth-order valence-corrected chi connectivity index (χ4v) is 2.49. The Labute approximate surface area is 106 Å². The van der Waals surface area contributed by atoms with Gasteiger partial charge in [0.1, 0.15) is 0 Å². The fourth-order valence-electron chi connectivity index (χ4n) is 1.47. The van der Waals surface area contributed by atoms with Gasteiger partial charge in [-0.2, -0.15) is 0 Å². The summed E-state index contributed by atoms with van der Waals surface area (Å²) in [6.07, 6.45) is 2.69. The highest BCUT2D eigenvalue weighted by atomic mass is 32.1. The van der Waals surface area contributed by atoms with Gasteiger partial charge in [0.15, 0.2) is 0 Å². The van der Waals surface area contributed by atoms with E-state index in [0.717, 1.165) is 6.42 Å². The summed E-state index contributed by atoms with van der Waals surface area (Å²) in [5, 5.41) is 12.0. The molecule has 4 heteroatoms. The highest BCUT2D eigenvalue weighted by molar-refractivity contribution is 7.11. The Kier molecular flexibility index (Phi) is 5.38. The second kappa shape index (κ2) is 6.57. The minimum atomic E-state index is -0.853. The van der Waals surface area contributed by atoms with Crippen LogP contribution in [0, 0.1) is 6.92 Å². The van der Waals surface area contributed by atoms with Gasteiger partial charge in [-0.15, -0.1) is 11.3 Å². The molecule has 1 atom stereocenters. The Bertz CT molecular complexity index is 409. The van der Waals surface area contributed by atoms with Crippen molar-refractivity contribution in [2.24, 2.45) is 0 Å². The molecule has 0 fully saturated rings. The molecule has 17 heavy (non-hydrogen) atoms. The lowest BCUT2D eigenvalue weighted by atomic mass is 10.2. The Hall–Kier alpha value is -1.13. The molecule has 0 spiro atoms. The first kappa shape index (κ1) is 13.9. The van der Waals surface area contributed by atoms with Gasteiger partial charge in [0, 0.05) is 27.9 Å². The third kappa shape index (κ3) is 5.15. The van der Waals surface area contributed by atoms with Crippen LogP contribution in [0.2, 0.25) is 0 Å². The molecule has 0 aliphatic heterocycles. The highest BCUT2D eigenvalue weighted by Crippen LogP contribution is 2.16. The molecule has 0 saturated heterocycles. The molecule has 94 valence electrons. The average Bonchev–Trinajstić information content (AvgIpc) is 2.63. The number of carboxylic acid groups (broad SMARTS) is 1. The van der Waals surface area contributed by atoms with Gasteiger partial charge >= 0.3 is 5.97 Å². The van der Waals surface area contributed by atoms with E-state index in [-0.39, 0.29) is 0 Å². The van der Waals surface area contributed by atoms with Crippen LogP contribution in [0.15, 0.2) is 23.8 Å². The zero-order valence-corrected chi connectivity index (χ0v) is 11.3. The Morgan fingerprint density at radius 2 is 2.29 bits per heavy atom. The van der Waals surface area contributed by atoms with Crippen molar-refractivity contribution in [2.45, 2.75) is 33.2 Å². The molecule has 0 bridgehead atoms. The van der Waals surface area contributed by atoms with E-state index in [9.17, 15) is 4.79 Å². The third-order valence-electron chi connectivity index (χ3n) is 2.52. The van der Waals surface area contributed by atoms with E-state index in [2.05, 4.69) is 31.3 Å². The molecule has 0 aliphatic rings. The molecule has 0 aliphatic carbocycles. The maximum absolute atomic E-state index is 10.6. The third-order valence-corrected chi connectivity index (χ3v) is 3.54. The first-order chi connectivity index (χ1) is 7.99. The number of carboxylic acids is 1. The van der Waals surface area contributed by atoms with Crippen LogP contribution in [-0.4, -0.2) is 23.7 Å². The molecule has 1 aromatic rings. The minimum Gasteiger partial charge on any atom is -0.478 e. The van der Waals surface area contributed by atoms with Crippen LogP contribution in [0.3, 0.4) is 0 Å². The number of hydrogen-bond donors (Lipinski definition) is 2. The molecular formula is C13H19NO2S. The van der Waals surface area contributed by atoms with Gasteiger partial charge in [0.2, 0.25) is 0 Å². The SMILES string of the molecule is C/C(=C/CNC(C)Cc1ccc(C)s1)C(=O)O. The van der Waals surface area contributed by atoms with Crippen LogP contribution >= 0.6 is 11.3 Å². The van der Waals surface area contributed by atoms with Crippen LogP contribution in [0.1, 0.15) is 23.6 Å². The van der Waals surface area contributed by atoms with Crippen molar-refractivity contribution >= 4 is 17.3 Å². The van der Waals surface area contributed by atoms with Crippen molar-refractivity contribution in [3.63, 3.8) is 0 Å². The van der Waals surface area contributed by atoms with Crippen LogP contribution in [-0.2, 0) is 11.2 Å². The average molecular weight is 253 g/mol. The molecule has 1 aromatic heterocycles. The van der Waals surface area contributed by atoms with Gasteiger partial charge in [0.25, 0.3) is 0 Å². The summed E-state index contributed by atoms with van der Waals surface area (Å²) < 4.78 is 0. The largest absolute Gasteiger partial charge is 0.478 e. The quantitative estimate of drug-likeness (QED) is 0.766. The lowest BCUT2D eigenvalue weighted by Crippen LogP contribution is -2.28. The smallest absolute Gasteiger partial charge is 0.330 e. The van der Waals surface area contributed by atoms with Gasteiger partial charge in [-0.25, -0.2) is 4.79 Å². The maximum atomic E-state index is 10.6. The highest BCUT2D eigenvalue weighted by Gasteiger charge is 2.04. The van der Waals surface area contributed by atoms with E-state index >= 15 is 0 Å². The summed E-state index contributed by atoms with van der Waals surface area (Å²) in [5.74, 6) is -0.853. The summed E-state index contributed by atoms with van der Waals surface area (Å²) in [7, 11) is 0. The van der Waals surface area contributed by atoms with Crippen molar-refractivity contribution in [2.75, 3.05) is 6.54 Å². The predicted octanol–water partition coefficient (Wildman–Crippen LogP) is 2.61. The number of aliphatic carboxylic acids is 1. The maximum Gasteiger partial charge on any atom is 0.330 e. The molecule has 1 rings (SSSR count). The van der Waals surface area contributed by atoms with Crippen LogP contribution < -0.4 is 5.32 Å². The molecule has 1 unspecified atom stereocenters. The lowest BCUT2D eigenvalue weighted by molar-refractivity contribution is -0.132. The first-order valence-electron chi connectivity index (χ1n) is 5.67. The minimum absolute atomic E-state index is 0.353. The predicted molar refractivity (Wildman–Crippen MR) is 71.6 cm³/mol. The van der Waals surface area contributed by atoms with Crippen molar-refractivity contribution in [3.05, 3.63) is 33.5 Å². The van der Waals surface area contributed by atoms with E-state index in [0.29, 0.717) is 18.2 Å². The molecule has 0 amide bonds. The monoisotopic (exact) mass is 253 g/mol. The number of hydrogen-bond acceptors (Lipinski definition) is 3. The molecular weight excluding hydrogens is 234 g/mol. The molecule has 3 nitrogen and oxygen atoms in total. The zero-order chi connectivity index (χ0) is 12.8. The van der Waals surface area contributed by atoms with Gasteiger partial charge in [-0.05, 0) is 39.3 Å². The topological polar surface area (TPSA) is 49.3 Å². The van der Waals surface area contributed by atoms with Crippen LogP contribution in [0.4, 0.5) is 0 Å². The van der Waals surface area contributed by atoms with Crippen molar-refractivity contribution in [3.8, 4) is 0 Å². The van der Waals surface area contributed by atoms with E-state index in [4.69, 9.17) is 5.11 Å².